The van der Waals surface area contributed by atoms with Gasteiger partial charge in [0.1, 0.15) is 11.6 Å². The molecule has 2 heterocycles. The second-order valence-corrected chi connectivity index (χ2v) is 7.60. The van der Waals surface area contributed by atoms with Gasteiger partial charge in [-0.05, 0) is 24.3 Å². The lowest BCUT2D eigenvalue weighted by molar-refractivity contribution is 0.0716. The van der Waals surface area contributed by atoms with Gasteiger partial charge in [0, 0.05) is 51.6 Å². The molecule has 0 bridgehead atoms. The molecule has 0 aliphatic carbocycles. The predicted octanol–water partition coefficient (Wildman–Crippen LogP) is 1.53. The molecule has 1 atom stereocenters. The quantitative estimate of drug-likeness (QED) is 0.624. The minimum Gasteiger partial charge on any atom is -0.387 e. The summed E-state index contributed by atoms with van der Waals surface area (Å²) in [5.41, 5.74) is -0.368. The number of nitrogens with one attached hydrogen (secondary N) is 1. The first kappa shape index (κ1) is 18.3. The van der Waals surface area contributed by atoms with Crippen LogP contribution in [0.25, 0.3) is 0 Å². The Balaban J connectivity index is 1.56. The van der Waals surface area contributed by atoms with E-state index in [1.807, 2.05) is 4.90 Å². The van der Waals surface area contributed by atoms with Crippen molar-refractivity contribution in [2.75, 3.05) is 56.2 Å². The van der Waals surface area contributed by atoms with Crippen molar-refractivity contribution in [2.45, 2.75) is 12.0 Å². The summed E-state index contributed by atoms with van der Waals surface area (Å²) in [6, 6.07) is 3.54. The summed E-state index contributed by atoms with van der Waals surface area (Å²) in [6.07, 6.45) is 0.786. The SMILES string of the molecule is CN=C(NCC1(O)CCSC1)N1CCN(c2cc(F)ccc2F)CC1. The van der Waals surface area contributed by atoms with Crippen molar-refractivity contribution < 1.29 is 13.9 Å². The molecular formula is C17H24F2N4OS. The molecule has 2 N–H and O–H groups in total. The summed E-state index contributed by atoms with van der Waals surface area (Å²) >= 11 is 1.76. The number of benzene rings is 1. The fraction of sp³-hybridized carbons (Fsp3) is 0.588. The van der Waals surface area contributed by atoms with E-state index in [-0.39, 0.29) is 0 Å². The molecule has 0 amide bonds. The molecule has 1 aromatic carbocycles. The molecule has 0 spiro atoms. The molecule has 2 fully saturated rings. The van der Waals surface area contributed by atoms with Crippen molar-refractivity contribution in [1.29, 1.82) is 0 Å². The van der Waals surface area contributed by atoms with Gasteiger partial charge in [-0.25, -0.2) is 8.78 Å². The summed E-state index contributed by atoms with van der Waals surface area (Å²) in [5.74, 6) is 1.63. The summed E-state index contributed by atoms with van der Waals surface area (Å²) in [5, 5.41) is 13.7. The highest BCUT2D eigenvalue weighted by Crippen LogP contribution is 2.27. The van der Waals surface area contributed by atoms with Crippen molar-refractivity contribution in [2.24, 2.45) is 4.99 Å². The molecule has 2 saturated heterocycles. The predicted molar refractivity (Wildman–Crippen MR) is 98.4 cm³/mol. The number of guanidine groups is 1. The van der Waals surface area contributed by atoms with Gasteiger partial charge in [0.25, 0.3) is 0 Å². The molecule has 0 aromatic heterocycles. The maximum absolute atomic E-state index is 13.9. The van der Waals surface area contributed by atoms with Gasteiger partial charge < -0.3 is 20.2 Å². The Morgan fingerprint density at radius 2 is 2.08 bits per heavy atom. The zero-order chi connectivity index (χ0) is 17.9. The molecule has 138 valence electrons. The summed E-state index contributed by atoms with van der Waals surface area (Å²) in [4.78, 5) is 8.23. The van der Waals surface area contributed by atoms with Gasteiger partial charge in [-0.2, -0.15) is 11.8 Å². The first-order chi connectivity index (χ1) is 12.0. The third-order valence-electron chi connectivity index (χ3n) is 4.70. The second-order valence-electron chi connectivity index (χ2n) is 6.50. The average molecular weight is 370 g/mol. The highest BCUT2D eigenvalue weighted by molar-refractivity contribution is 7.99. The Morgan fingerprint density at radius 1 is 1.32 bits per heavy atom. The van der Waals surface area contributed by atoms with Gasteiger partial charge in [-0.15, -0.1) is 0 Å². The van der Waals surface area contributed by atoms with Crippen LogP contribution in [0.1, 0.15) is 6.42 Å². The minimum absolute atomic E-state index is 0.305. The monoisotopic (exact) mass is 370 g/mol. The van der Waals surface area contributed by atoms with E-state index >= 15 is 0 Å². The van der Waals surface area contributed by atoms with Gasteiger partial charge in [0.05, 0.1) is 11.3 Å². The Bertz CT molecular complexity index is 629. The molecule has 2 aliphatic rings. The van der Waals surface area contributed by atoms with Crippen molar-refractivity contribution in [3.8, 4) is 0 Å². The van der Waals surface area contributed by atoms with E-state index in [4.69, 9.17) is 0 Å². The van der Waals surface area contributed by atoms with Gasteiger partial charge in [-0.1, -0.05) is 0 Å². The van der Waals surface area contributed by atoms with Crippen LogP contribution < -0.4 is 10.2 Å². The van der Waals surface area contributed by atoms with Crippen LogP contribution in [0, 0.1) is 11.6 Å². The number of piperazine rings is 1. The maximum Gasteiger partial charge on any atom is 0.193 e. The maximum atomic E-state index is 13.9. The lowest BCUT2D eigenvalue weighted by Crippen LogP contribution is -2.55. The molecule has 1 unspecified atom stereocenters. The van der Waals surface area contributed by atoms with Crippen LogP contribution >= 0.6 is 11.8 Å². The molecular weight excluding hydrogens is 346 g/mol. The standard InChI is InChI=1S/C17H24F2N4OS/c1-20-16(21-11-17(24)4-9-25-12-17)23-7-5-22(6-8-23)15-10-13(18)2-3-14(15)19/h2-3,10,24H,4-9,11-12H2,1H3,(H,20,21). The Hall–Kier alpha value is -1.54. The van der Waals surface area contributed by atoms with Crippen molar-refractivity contribution >= 4 is 23.4 Å². The molecule has 1 aromatic rings. The van der Waals surface area contributed by atoms with Crippen molar-refractivity contribution in [3.05, 3.63) is 29.8 Å². The molecule has 0 saturated carbocycles. The normalized spacial score (nSPS) is 24.7. The Kier molecular flexibility index (Phi) is 5.68. The van der Waals surface area contributed by atoms with Crippen LogP contribution in [0.5, 0.6) is 0 Å². The molecule has 5 nitrogen and oxygen atoms in total. The van der Waals surface area contributed by atoms with Gasteiger partial charge in [0.15, 0.2) is 5.96 Å². The second kappa shape index (κ2) is 7.78. The third kappa shape index (κ3) is 4.36. The van der Waals surface area contributed by atoms with Crippen LogP contribution in [-0.4, -0.2) is 72.8 Å². The fourth-order valence-corrected chi connectivity index (χ4v) is 4.49. The highest BCUT2D eigenvalue weighted by atomic mass is 32.2. The number of hydrogen-bond acceptors (Lipinski definition) is 4. The first-order valence-electron chi connectivity index (χ1n) is 8.46. The average Bonchev–Trinajstić information content (AvgIpc) is 3.05. The number of anilines is 1. The number of rotatable bonds is 3. The van der Waals surface area contributed by atoms with E-state index in [0.717, 1.165) is 36.0 Å². The van der Waals surface area contributed by atoms with E-state index in [1.54, 1.807) is 18.8 Å². The van der Waals surface area contributed by atoms with Crippen LogP contribution in [0.15, 0.2) is 23.2 Å². The molecule has 0 radical (unpaired) electrons. The zero-order valence-corrected chi connectivity index (χ0v) is 15.2. The van der Waals surface area contributed by atoms with E-state index in [9.17, 15) is 13.9 Å². The minimum atomic E-state index is -0.673. The van der Waals surface area contributed by atoms with E-state index in [2.05, 4.69) is 15.2 Å². The Labute approximate surface area is 151 Å². The summed E-state index contributed by atoms with van der Waals surface area (Å²) < 4.78 is 27.3. The molecule has 2 aliphatic heterocycles. The van der Waals surface area contributed by atoms with Crippen molar-refractivity contribution in [3.63, 3.8) is 0 Å². The highest BCUT2D eigenvalue weighted by Gasteiger charge is 2.32. The third-order valence-corrected chi connectivity index (χ3v) is 5.93. The van der Waals surface area contributed by atoms with Gasteiger partial charge in [0.2, 0.25) is 0 Å². The topological polar surface area (TPSA) is 51.1 Å². The number of thioether (sulfide) groups is 1. The Morgan fingerprint density at radius 3 is 2.72 bits per heavy atom. The molecule has 3 rings (SSSR count). The van der Waals surface area contributed by atoms with E-state index in [1.165, 1.54) is 6.07 Å². The molecule has 25 heavy (non-hydrogen) atoms. The van der Waals surface area contributed by atoms with Crippen LogP contribution in [0.3, 0.4) is 0 Å². The summed E-state index contributed by atoms with van der Waals surface area (Å²) in [7, 11) is 1.72. The molecule has 8 heteroatoms. The van der Waals surface area contributed by atoms with Crippen LogP contribution in [0.4, 0.5) is 14.5 Å². The summed E-state index contributed by atoms with van der Waals surface area (Å²) in [6.45, 7) is 2.96. The number of halogens is 2. The van der Waals surface area contributed by atoms with E-state index in [0.29, 0.717) is 38.4 Å². The van der Waals surface area contributed by atoms with Gasteiger partial charge in [-0.3, -0.25) is 4.99 Å². The number of nitrogens with zero attached hydrogens (tertiary/aromatic N) is 3. The first-order valence-corrected chi connectivity index (χ1v) is 9.62. The van der Waals surface area contributed by atoms with Crippen LogP contribution in [-0.2, 0) is 0 Å². The van der Waals surface area contributed by atoms with E-state index < -0.39 is 17.2 Å². The fourth-order valence-electron chi connectivity index (χ4n) is 3.20. The van der Waals surface area contributed by atoms with Crippen molar-refractivity contribution in [1.82, 2.24) is 10.2 Å². The number of aliphatic hydroxyl groups is 1. The largest absolute Gasteiger partial charge is 0.387 e. The lowest BCUT2D eigenvalue weighted by atomic mass is 10.0. The smallest absolute Gasteiger partial charge is 0.193 e. The zero-order valence-electron chi connectivity index (χ0n) is 14.3. The van der Waals surface area contributed by atoms with Crippen LogP contribution in [0.2, 0.25) is 0 Å². The van der Waals surface area contributed by atoms with Gasteiger partial charge >= 0.3 is 0 Å². The lowest BCUT2D eigenvalue weighted by Gasteiger charge is -2.38. The number of hydrogen-bond donors (Lipinski definition) is 2. The number of aliphatic imine (C=N–C) groups is 1.